The van der Waals surface area contributed by atoms with Gasteiger partial charge in [0.25, 0.3) is 0 Å². The minimum Gasteiger partial charge on any atom is -0.494 e. The van der Waals surface area contributed by atoms with Crippen molar-refractivity contribution in [2.75, 3.05) is 44.8 Å². The van der Waals surface area contributed by atoms with E-state index in [0.29, 0.717) is 37.7 Å². The number of amides is 1. The molecule has 6 heteroatoms. The summed E-state index contributed by atoms with van der Waals surface area (Å²) in [5.74, 6) is 0.832. The summed E-state index contributed by atoms with van der Waals surface area (Å²) in [6, 6.07) is 15.3. The standard InChI is InChI=1S/C26H33ClN2O3/c27-22-7-5-21(6-8-22)26(13-19-31-20-14-26)25(30)28-23-9-11-24(12-10-23)32-18-4-17-29-15-2-1-3-16-29/h5-12H,1-4,13-20H2,(H,28,30). The second-order valence-corrected chi connectivity index (χ2v) is 9.22. The highest BCUT2D eigenvalue weighted by molar-refractivity contribution is 6.30. The average molecular weight is 457 g/mol. The third kappa shape index (κ3) is 5.83. The topological polar surface area (TPSA) is 50.8 Å². The number of nitrogens with zero attached hydrogens (tertiary/aromatic N) is 1. The first-order chi connectivity index (χ1) is 15.7. The number of hydrogen-bond donors (Lipinski definition) is 1. The molecule has 0 aromatic heterocycles. The molecule has 0 unspecified atom stereocenters. The largest absolute Gasteiger partial charge is 0.494 e. The monoisotopic (exact) mass is 456 g/mol. The highest BCUT2D eigenvalue weighted by Gasteiger charge is 2.41. The van der Waals surface area contributed by atoms with Crippen LogP contribution >= 0.6 is 11.6 Å². The van der Waals surface area contributed by atoms with Gasteiger partial charge in [-0.1, -0.05) is 30.2 Å². The molecule has 0 saturated carbocycles. The maximum absolute atomic E-state index is 13.4. The molecule has 2 fully saturated rings. The van der Waals surface area contributed by atoms with Crippen LogP contribution < -0.4 is 10.1 Å². The minimum atomic E-state index is -0.605. The predicted molar refractivity (Wildman–Crippen MR) is 129 cm³/mol. The van der Waals surface area contributed by atoms with E-state index in [9.17, 15) is 4.79 Å². The van der Waals surface area contributed by atoms with Gasteiger partial charge in [0, 0.05) is 30.5 Å². The number of likely N-dealkylation sites (tertiary alicyclic amines) is 1. The first-order valence-corrected chi connectivity index (χ1v) is 12.1. The van der Waals surface area contributed by atoms with Crippen LogP contribution in [0.15, 0.2) is 48.5 Å². The Morgan fingerprint density at radius 3 is 2.38 bits per heavy atom. The zero-order valence-electron chi connectivity index (χ0n) is 18.7. The summed E-state index contributed by atoms with van der Waals surface area (Å²) >= 11 is 6.07. The van der Waals surface area contributed by atoms with Gasteiger partial charge >= 0.3 is 0 Å². The summed E-state index contributed by atoms with van der Waals surface area (Å²) in [5, 5.41) is 3.78. The Bertz CT molecular complexity index is 858. The Morgan fingerprint density at radius 1 is 1.00 bits per heavy atom. The lowest BCUT2D eigenvalue weighted by Gasteiger charge is -2.36. The maximum atomic E-state index is 13.4. The summed E-state index contributed by atoms with van der Waals surface area (Å²) in [6.07, 6.45) is 6.34. The molecule has 0 aliphatic carbocycles. The Morgan fingerprint density at radius 2 is 1.69 bits per heavy atom. The van der Waals surface area contributed by atoms with E-state index in [4.69, 9.17) is 21.1 Å². The van der Waals surface area contributed by atoms with Crippen LogP contribution in [0.4, 0.5) is 5.69 Å². The summed E-state index contributed by atoms with van der Waals surface area (Å²) < 4.78 is 11.5. The first kappa shape index (κ1) is 23.1. The molecule has 2 heterocycles. The smallest absolute Gasteiger partial charge is 0.235 e. The fourth-order valence-corrected chi connectivity index (χ4v) is 4.81. The third-order valence-corrected chi connectivity index (χ3v) is 6.88. The van der Waals surface area contributed by atoms with Gasteiger partial charge in [0.05, 0.1) is 12.0 Å². The molecule has 2 aliphatic heterocycles. The zero-order chi connectivity index (χ0) is 22.2. The van der Waals surface area contributed by atoms with E-state index >= 15 is 0 Å². The highest BCUT2D eigenvalue weighted by Crippen LogP contribution is 2.37. The Balaban J connectivity index is 1.32. The summed E-state index contributed by atoms with van der Waals surface area (Å²) in [4.78, 5) is 15.9. The van der Waals surface area contributed by atoms with Gasteiger partial charge in [-0.25, -0.2) is 0 Å². The molecular weight excluding hydrogens is 424 g/mol. The van der Waals surface area contributed by atoms with Crippen LogP contribution in [0.1, 0.15) is 44.1 Å². The van der Waals surface area contributed by atoms with Crippen molar-refractivity contribution in [1.82, 2.24) is 4.90 Å². The van der Waals surface area contributed by atoms with Gasteiger partial charge in [-0.05, 0) is 87.2 Å². The molecule has 1 amide bonds. The summed E-state index contributed by atoms with van der Waals surface area (Å²) in [6.45, 7) is 5.39. The summed E-state index contributed by atoms with van der Waals surface area (Å²) in [5.41, 5.74) is 1.15. The van der Waals surface area contributed by atoms with E-state index in [-0.39, 0.29) is 5.91 Å². The molecule has 2 aromatic carbocycles. The van der Waals surface area contributed by atoms with Gasteiger partial charge in [0.1, 0.15) is 5.75 Å². The van der Waals surface area contributed by atoms with Crippen LogP contribution in [-0.4, -0.2) is 50.3 Å². The van der Waals surface area contributed by atoms with Crippen molar-refractivity contribution in [3.05, 3.63) is 59.1 Å². The highest BCUT2D eigenvalue weighted by atomic mass is 35.5. The van der Waals surface area contributed by atoms with Gasteiger partial charge in [-0.2, -0.15) is 0 Å². The van der Waals surface area contributed by atoms with Crippen LogP contribution in [0.25, 0.3) is 0 Å². The number of benzene rings is 2. The van der Waals surface area contributed by atoms with Crippen molar-refractivity contribution in [2.45, 2.75) is 43.9 Å². The van der Waals surface area contributed by atoms with Gasteiger partial charge in [0.15, 0.2) is 0 Å². The zero-order valence-corrected chi connectivity index (χ0v) is 19.4. The van der Waals surface area contributed by atoms with Crippen molar-refractivity contribution >= 4 is 23.2 Å². The lowest BCUT2D eigenvalue weighted by Crippen LogP contribution is -2.44. The number of hydrogen-bond acceptors (Lipinski definition) is 4. The molecule has 5 nitrogen and oxygen atoms in total. The van der Waals surface area contributed by atoms with Crippen LogP contribution in [-0.2, 0) is 14.9 Å². The van der Waals surface area contributed by atoms with E-state index in [1.807, 2.05) is 48.5 Å². The first-order valence-electron chi connectivity index (χ1n) is 11.8. The molecule has 32 heavy (non-hydrogen) atoms. The van der Waals surface area contributed by atoms with E-state index in [1.54, 1.807) is 0 Å². The number of anilines is 1. The van der Waals surface area contributed by atoms with Crippen molar-refractivity contribution in [3.63, 3.8) is 0 Å². The number of nitrogens with one attached hydrogen (secondary N) is 1. The molecule has 2 aromatic rings. The second-order valence-electron chi connectivity index (χ2n) is 8.78. The van der Waals surface area contributed by atoms with Crippen LogP contribution in [0.2, 0.25) is 5.02 Å². The van der Waals surface area contributed by atoms with Gasteiger partial charge in [0.2, 0.25) is 5.91 Å². The fourth-order valence-electron chi connectivity index (χ4n) is 4.68. The van der Waals surface area contributed by atoms with E-state index in [2.05, 4.69) is 10.2 Å². The predicted octanol–water partition coefficient (Wildman–Crippen LogP) is 5.28. The SMILES string of the molecule is O=C(Nc1ccc(OCCCN2CCCCC2)cc1)C1(c2ccc(Cl)cc2)CCOCC1. The van der Waals surface area contributed by atoms with E-state index < -0.39 is 5.41 Å². The lowest BCUT2D eigenvalue weighted by atomic mass is 9.73. The van der Waals surface area contributed by atoms with Crippen molar-refractivity contribution in [2.24, 2.45) is 0 Å². The second kappa shape index (κ2) is 11.2. The molecule has 172 valence electrons. The minimum absolute atomic E-state index is 0.00155. The number of carbonyl (C=O) groups excluding carboxylic acids is 1. The molecule has 0 atom stereocenters. The molecule has 0 radical (unpaired) electrons. The lowest BCUT2D eigenvalue weighted by molar-refractivity contribution is -0.125. The molecule has 2 aliphatic rings. The Hall–Kier alpha value is -2.08. The van der Waals surface area contributed by atoms with Crippen molar-refractivity contribution in [3.8, 4) is 5.75 Å². The summed E-state index contributed by atoms with van der Waals surface area (Å²) in [7, 11) is 0. The fraction of sp³-hybridized carbons (Fsp3) is 0.500. The van der Waals surface area contributed by atoms with Crippen LogP contribution in [0.3, 0.4) is 0 Å². The molecule has 2 saturated heterocycles. The molecule has 1 N–H and O–H groups in total. The molecule has 0 bridgehead atoms. The van der Waals surface area contributed by atoms with E-state index in [1.165, 1.54) is 32.4 Å². The Kier molecular flexibility index (Phi) is 8.06. The average Bonchev–Trinajstić information content (AvgIpc) is 2.84. The number of piperidine rings is 1. The number of halogens is 1. The van der Waals surface area contributed by atoms with Gasteiger partial charge < -0.3 is 19.7 Å². The quantitative estimate of drug-likeness (QED) is 0.549. The van der Waals surface area contributed by atoms with Crippen molar-refractivity contribution < 1.29 is 14.3 Å². The van der Waals surface area contributed by atoms with E-state index in [0.717, 1.165) is 30.0 Å². The number of ether oxygens (including phenoxy) is 2. The normalized spacial score (nSPS) is 18.8. The molecule has 4 rings (SSSR count). The number of carbonyl (C=O) groups is 1. The molecular formula is C26H33ClN2O3. The van der Waals surface area contributed by atoms with Gasteiger partial charge in [-0.3, -0.25) is 4.79 Å². The van der Waals surface area contributed by atoms with Crippen molar-refractivity contribution in [1.29, 1.82) is 0 Å². The molecule has 0 spiro atoms. The van der Waals surface area contributed by atoms with Gasteiger partial charge in [-0.15, -0.1) is 0 Å². The van der Waals surface area contributed by atoms with Crippen LogP contribution in [0.5, 0.6) is 5.75 Å². The Labute approximate surface area is 196 Å². The maximum Gasteiger partial charge on any atom is 0.235 e. The third-order valence-electron chi connectivity index (χ3n) is 6.63. The van der Waals surface area contributed by atoms with Crippen LogP contribution in [0, 0.1) is 0 Å². The number of rotatable bonds is 8.